The molecule has 3 amide bonds. The number of hydrogen-bond donors (Lipinski definition) is 2. The van der Waals surface area contributed by atoms with Crippen molar-refractivity contribution in [2.75, 3.05) is 11.9 Å². The Labute approximate surface area is 174 Å². The molecule has 0 bridgehead atoms. The van der Waals surface area contributed by atoms with Gasteiger partial charge in [-0.05, 0) is 46.9 Å². The SMILES string of the molecule is CC(=O)NCc1cc2n(n1)CCN(C(=O)Nc1ccc3c(c1)Cc1ccccc1-3)C2. The van der Waals surface area contributed by atoms with E-state index in [9.17, 15) is 9.59 Å². The first-order chi connectivity index (χ1) is 14.6. The van der Waals surface area contributed by atoms with Crippen molar-refractivity contribution in [3.8, 4) is 11.1 Å². The number of nitrogens with zero attached hydrogens (tertiary/aromatic N) is 3. The number of rotatable bonds is 3. The lowest BCUT2D eigenvalue weighted by Gasteiger charge is -2.27. The molecule has 5 rings (SSSR count). The van der Waals surface area contributed by atoms with Crippen molar-refractivity contribution in [1.29, 1.82) is 0 Å². The highest BCUT2D eigenvalue weighted by Gasteiger charge is 2.23. The van der Waals surface area contributed by atoms with Gasteiger partial charge in [-0.1, -0.05) is 30.3 Å². The van der Waals surface area contributed by atoms with E-state index in [2.05, 4.69) is 52.1 Å². The van der Waals surface area contributed by atoms with Crippen LogP contribution in [0.15, 0.2) is 48.5 Å². The first-order valence-electron chi connectivity index (χ1n) is 10.1. The van der Waals surface area contributed by atoms with Crippen molar-refractivity contribution in [2.24, 2.45) is 0 Å². The second-order valence-electron chi connectivity index (χ2n) is 7.82. The minimum Gasteiger partial charge on any atom is -0.351 e. The molecule has 0 radical (unpaired) electrons. The topological polar surface area (TPSA) is 79.3 Å². The lowest BCUT2D eigenvalue weighted by molar-refractivity contribution is -0.119. The monoisotopic (exact) mass is 401 g/mol. The van der Waals surface area contributed by atoms with Gasteiger partial charge in [0.25, 0.3) is 0 Å². The first-order valence-corrected chi connectivity index (χ1v) is 10.1. The van der Waals surface area contributed by atoms with E-state index in [1.807, 2.05) is 16.8 Å². The van der Waals surface area contributed by atoms with E-state index in [-0.39, 0.29) is 11.9 Å². The van der Waals surface area contributed by atoms with Gasteiger partial charge in [0.15, 0.2) is 0 Å². The molecule has 0 unspecified atom stereocenters. The van der Waals surface area contributed by atoms with Crippen molar-refractivity contribution in [3.05, 3.63) is 71.0 Å². The highest BCUT2D eigenvalue weighted by molar-refractivity contribution is 5.90. The van der Waals surface area contributed by atoms with Crippen LogP contribution in [0.3, 0.4) is 0 Å². The summed E-state index contributed by atoms with van der Waals surface area (Å²) in [5.74, 6) is -0.0839. The quantitative estimate of drug-likeness (QED) is 0.554. The number of benzene rings is 2. The van der Waals surface area contributed by atoms with E-state index < -0.39 is 0 Å². The third kappa shape index (κ3) is 3.43. The fraction of sp³-hybridized carbons (Fsp3) is 0.261. The number of hydrogen-bond acceptors (Lipinski definition) is 3. The summed E-state index contributed by atoms with van der Waals surface area (Å²) in [5.41, 5.74) is 7.70. The molecular weight excluding hydrogens is 378 g/mol. The summed E-state index contributed by atoms with van der Waals surface area (Å²) in [6.07, 6.45) is 0.898. The number of carbonyl (C=O) groups is 2. The molecule has 0 saturated heterocycles. The van der Waals surface area contributed by atoms with Crippen molar-refractivity contribution in [2.45, 2.75) is 33.0 Å². The van der Waals surface area contributed by atoms with Crippen molar-refractivity contribution < 1.29 is 9.59 Å². The summed E-state index contributed by atoms with van der Waals surface area (Å²) in [6.45, 7) is 3.62. The fourth-order valence-electron chi connectivity index (χ4n) is 4.23. The Morgan fingerprint density at radius 1 is 1.03 bits per heavy atom. The number of nitrogens with one attached hydrogen (secondary N) is 2. The molecule has 2 aliphatic rings. The number of urea groups is 1. The number of amides is 3. The Hall–Kier alpha value is -3.61. The summed E-state index contributed by atoms with van der Waals surface area (Å²) in [5, 5.41) is 10.3. The van der Waals surface area contributed by atoms with Crippen LogP contribution in [0.5, 0.6) is 0 Å². The molecule has 0 atom stereocenters. The fourth-order valence-corrected chi connectivity index (χ4v) is 4.23. The molecule has 30 heavy (non-hydrogen) atoms. The predicted molar refractivity (Wildman–Crippen MR) is 114 cm³/mol. The van der Waals surface area contributed by atoms with Crippen LogP contribution in [-0.2, 0) is 30.8 Å². The number of carbonyl (C=O) groups excluding carboxylic acids is 2. The molecule has 2 aromatic carbocycles. The number of aromatic nitrogens is 2. The first kappa shape index (κ1) is 18.4. The third-order valence-electron chi connectivity index (χ3n) is 5.70. The molecule has 0 fully saturated rings. The van der Waals surface area contributed by atoms with Gasteiger partial charge in [0.1, 0.15) is 0 Å². The van der Waals surface area contributed by atoms with Crippen LogP contribution >= 0.6 is 0 Å². The maximum absolute atomic E-state index is 12.8. The number of anilines is 1. The highest BCUT2D eigenvalue weighted by atomic mass is 16.2. The molecule has 1 aliphatic heterocycles. The van der Waals surface area contributed by atoms with E-state index in [4.69, 9.17) is 0 Å². The molecule has 152 valence electrons. The molecule has 0 spiro atoms. The Morgan fingerprint density at radius 2 is 1.87 bits per heavy atom. The van der Waals surface area contributed by atoms with Crippen LogP contribution < -0.4 is 10.6 Å². The molecule has 1 aromatic heterocycles. The smallest absolute Gasteiger partial charge is 0.322 e. The van der Waals surface area contributed by atoms with Crippen molar-refractivity contribution in [3.63, 3.8) is 0 Å². The maximum Gasteiger partial charge on any atom is 0.322 e. The van der Waals surface area contributed by atoms with E-state index >= 15 is 0 Å². The van der Waals surface area contributed by atoms with Crippen LogP contribution in [-0.4, -0.2) is 33.2 Å². The molecule has 1 aliphatic carbocycles. The average molecular weight is 401 g/mol. The summed E-state index contributed by atoms with van der Waals surface area (Å²) >= 11 is 0. The minimum atomic E-state index is -0.110. The van der Waals surface area contributed by atoms with Crippen LogP contribution in [0.2, 0.25) is 0 Å². The zero-order chi connectivity index (χ0) is 20.7. The van der Waals surface area contributed by atoms with Gasteiger partial charge in [-0.15, -0.1) is 0 Å². The Kier molecular flexibility index (Phi) is 4.50. The van der Waals surface area contributed by atoms with Gasteiger partial charge in [0.2, 0.25) is 5.91 Å². The molecule has 7 nitrogen and oxygen atoms in total. The highest BCUT2D eigenvalue weighted by Crippen LogP contribution is 2.37. The van der Waals surface area contributed by atoms with Gasteiger partial charge in [-0.25, -0.2) is 4.79 Å². The second-order valence-corrected chi connectivity index (χ2v) is 7.82. The van der Waals surface area contributed by atoms with Gasteiger partial charge >= 0.3 is 6.03 Å². The average Bonchev–Trinajstić information content (AvgIpc) is 3.31. The standard InChI is InChI=1S/C23H23N5O2/c1-15(29)24-13-19-12-20-14-27(8-9-28(20)26-19)23(30)25-18-6-7-22-17(11-18)10-16-4-2-3-5-21(16)22/h2-7,11-12H,8-10,13-14H2,1H3,(H,24,29)(H,25,30). The third-order valence-corrected chi connectivity index (χ3v) is 5.70. The second kappa shape index (κ2) is 7.33. The van der Waals surface area contributed by atoms with Crippen LogP contribution in [0.1, 0.15) is 29.4 Å². The van der Waals surface area contributed by atoms with Crippen molar-refractivity contribution >= 4 is 17.6 Å². The van der Waals surface area contributed by atoms with Crippen LogP contribution in [0.25, 0.3) is 11.1 Å². The molecule has 7 heteroatoms. The Bertz CT molecular complexity index is 1150. The summed E-state index contributed by atoms with van der Waals surface area (Å²) < 4.78 is 1.91. The lowest BCUT2D eigenvalue weighted by atomic mass is 10.1. The zero-order valence-electron chi connectivity index (χ0n) is 16.8. The largest absolute Gasteiger partial charge is 0.351 e. The maximum atomic E-state index is 12.8. The summed E-state index contributed by atoms with van der Waals surface area (Å²) in [7, 11) is 0. The Balaban J connectivity index is 1.26. The van der Waals surface area contributed by atoms with Gasteiger partial charge in [-0.3, -0.25) is 9.48 Å². The van der Waals surface area contributed by atoms with E-state index in [0.29, 0.717) is 26.2 Å². The normalized spacial score (nSPS) is 14.0. The van der Waals surface area contributed by atoms with Crippen LogP contribution in [0.4, 0.5) is 10.5 Å². The molecule has 2 heterocycles. The van der Waals surface area contributed by atoms with E-state index in [1.165, 1.54) is 29.2 Å². The summed E-state index contributed by atoms with van der Waals surface area (Å²) in [4.78, 5) is 25.7. The van der Waals surface area contributed by atoms with E-state index in [1.54, 1.807) is 4.90 Å². The predicted octanol–water partition coefficient (Wildman–Crippen LogP) is 3.14. The summed E-state index contributed by atoms with van der Waals surface area (Å²) in [6, 6.07) is 16.4. The van der Waals surface area contributed by atoms with Gasteiger partial charge in [0.05, 0.1) is 31.0 Å². The van der Waals surface area contributed by atoms with Crippen molar-refractivity contribution in [1.82, 2.24) is 20.0 Å². The van der Waals surface area contributed by atoms with E-state index in [0.717, 1.165) is 23.5 Å². The molecule has 2 N–H and O–H groups in total. The zero-order valence-corrected chi connectivity index (χ0v) is 16.8. The lowest BCUT2D eigenvalue weighted by Crippen LogP contribution is -2.40. The van der Waals surface area contributed by atoms with Crippen LogP contribution in [0, 0.1) is 0 Å². The van der Waals surface area contributed by atoms with Gasteiger partial charge < -0.3 is 15.5 Å². The van der Waals surface area contributed by atoms with Gasteiger partial charge in [-0.2, -0.15) is 5.10 Å². The minimum absolute atomic E-state index is 0.0839. The molecular formula is C23H23N5O2. The molecule has 3 aromatic rings. The van der Waals surface area contributed by atoms with Gasteiger partial charge in [0, 0.05) is 19.2 Å². The Morgan fingerprint density at radius 3 is 2.73 bits per heavy atom. The molecule has 0 saturated carbocycles. The number of fused-ring (bicyclic) bond motifs is 4.